The van der Waals surface area contributed by atoms with Crippen LogP contribution in [0.3, 0.4) is 0 Å². The van der Waals surface area contributed by atoms with Gasteiger partial charge in [0, 0.05) is 25.2 Å². The smallest absolute Gasteiger partial charge is 0.345 e. The molecule has 0 unspecified atom stereocenters. The van der Waals surface area contributed by atoms with Crippen molar-refractivity contribution in [2.24, 2.45) is 15.2 Å². The van der Waals surface area contributed by atoms with E-state index in [0.717, 1.165) is 23.6 Å². The summed E-state index contributed by atoms with van der Waals surface area (Å²) in [6.07, 6.45) is 4.46. The maximum Gasteiger partial charge on any atom is 0.345 e. The van der Waals surface area contributed by atoms with Crippen LogP contribution >= 0.6 is 0 Å². The largest absolute Gasteiger partial charge is 0.493 e. The minimum absolute atomic E-state index is 0.0506. The van der Waals surface area contributed by atoms with Gasteiger partial charge in [0.25, 0.3) is 5.91 Å². The number of carbonyl (C=O) groups excluding carboxylic acids is 1. The summed E-state index contributed by atoms with van der Waals surface area (Å²) in [5.41, 5.74) is 1.03. The van der Waals surface area contributed by atoms with Crippen LogP contribution in [0, 0.1) is 10.8 Å². The molecule has 0 radical (unpaired) electrons. The highest BCUT2D eigenvalue weighted by molar-refractivity contribution is 7.88. The number of fused-ring (bicyclic) bond motifs is 2. The van der Waals surface area contributed by atoms with E-state index in [9.17, 15) is 13.2 Å². The van der Waals surface area contributed by atoms with Crippen LogP contribution in [0.1, 0.15) is 45.6 Å². The standard InChI is InChI=1S/C23H31N3O5S/c1-22(2)11-16-12-23(3,13-22)14-26(16)21(27)18-10-17(24-32(28,29)25(18)4)15-7-8-19(30-5)20(9-15)31-6/h7-10,16H,11-14H2,1-6H3/t16-,23-/m0/s1. The van der Waals surface area contributed by atoms with Gasteiger partial charge in [0.15, 0.2) is 11.5 Å². The van der Waals surface area contributed by atoms with Crippen LogP contribution in [0.4, 0.5) is 0 Å². The summed E-state index contributed by atoms with van der Waals surface area (Å²) in [5.74, 6) is 0.706. The molecular formula is C23H31N3O5S. The number of methoxy groups -OCH3 is 2. The van der Waals surface area contributed by atoms with Crippen LogP contribution in [0.2, 0.25) is 0 Å². The number of hydrogen-bond acceptors (Lipinski definition) is 5. The predicted molar refractivity (Wildman–Crippen MR) is 122 cm³/mol. The molecule has 1 saturated carbocycles. The average Bonchev–Trinajstić information content (AvgIpc) is 2.97. The van der Waals surface area contributed by atoms with Crippen molar-refractivity contribution < 1.29 is 22.7 Å². The lowest BCUT2D eigenvalue weighted by Gasteiger charge is -2.39. The van der Waals surface area contributed by atoms with Crippen molar-refractivity contribution in [1.29, 1.82) is 0 Å². The fraction of sp³-hybridized carbons (Fsp3) is 0.565. The number of likely N-dealkylation sites (N-methyl/N-ethyl adjacent to an activating group) is 1. The van der Waals surface area contributed by atoms with E-state index in [1.165, 1.54) is 21.3 Å². The third-order valence-corrected chi connectivity index (χ3v) is 8.06. The molecule has 2 aliphatic heterocycles. The summed E-state index contributed by atoms with van der Waals surface area (Å²) in [7, 11) is 0.367. The van der Waals surface area contributed by atoms with Gasteiger partial charge in [-0.3, -0.25) is 4.79 Å². The van der Waals surface area contributed by atoms with E-state index >= 15 is 0 Å². The second-order valence-electron chi connectivity index (χ2n) is 10.2. The van der Waals surface area contributed by atoms with Gasteiger partial charge in [-0.1, -0.05) is 20.8 Å². The molecule has 2 atom stereocenters. The Labute approximate surface area is 190 Å². The molecular weight excluding hydrogens is 430 g/mol. The molecule has 2 heterocycles. The van der Waals surface area contributed by atoms with E-state index in [1.807, 2.05) is 4.90 Å². The zero-order valence-corrected chi connectivity index (χ0v) is 20.3. The van der Waals surface area contributed by atoms with E-state index in [4.69, 9.17) is 9.47 Å². The monoisotopic (exact) mass is 461 g/mol. The minimum Gasteiger partial charge on any atom is -0.493 e. The maximum absolute atomic E-state index is 13.6. The highest BCUT2D eigenvalue weighted by Gasteiger charge is 2.52. The molecule has 174 valence electrons. The van der Waals surface area contributed by atoms with Crippen LogP contribution < -0.4 is 9.47 Å². The Hall–Kier alpha value is -2.55. The number of amides is 1. The van der Waals surface area contributed by atoms with Gasteiger partial charge < -0.3 is 14.4 Å². The Morgan fingerprint density at radius 2 is 1.81 bits per heavy atom. The lowest BCUT2D eigenvalue weighted by molar-refractivity contribution is -0.129. The Bertz CT molecular complexity index is 1120. The van der Waals surface area contributed by atoms with Crippen LogP contribution in [0.15, 0.2) is 34.4 Å². The molecule has 9 heteroatoms. The fourth-order valence-electron chi connectivity index (χ4n) is 5.73. The van der Waals surface area contributed by atoms with Gasteiger partial charge in [-0.25, -0.2) is 4.31 Å². The lowest BCUT2D eigenvalue weighted by Crippen LogP contribution is -2.43. The van der Waals surface area contributed by atoms with Crippen molar-refractivity contribution in [2.45, 2.75) is 46.1 Å². The van der Waals surface area contributed by atoms with Crippen LogP contribution in [-0.2, 0) is 15.0 Å². The van der Waals surface area contributed by atoms with E-state index in [0.29, 0.717) is 23.6 Å². The summed E-state index contributed by atoms with van der Waals surface area (Å²) in [6.45, 7) is 7.34. The van der Waals surface area contributed by atoms with E-state index < -0.39 is 10.2 Å². The van der Waals surface area contributed by atoms with Crippen molar-refractivity contribution in [3.8, 4) is 11.5 Å². The van der Waals surface area contributed by atoms with E-state index in [2.05, 4.69) is 25.2 Å². The Balaban J connectivity index is 1.72. The number of likely N-dealkylation sites (tertiary alicyclic amines) is 1. The van der Waals surface area contributed by atoms with Gasteiger partial charge in [-0.05, 0) is 54.4 Å². The highest BCUT2D eigenvalue weighted by Crippen LogP contribution is 2.52. The molecule has 1 aromatic carbocycles. The lowest BCUT2D eigenvalue weighted by atomic mass is 9.65. The third-order valence-electron chi connectivity index (χ3n) is 6.75. The molecule has 0 N–H and O–H groups in total. The number of rotatable bonds is 4. The summed E-state index contributed by atoms with van der Waals surface area (Å²) < 4.78 is 41.2. The summed E-state index contributed by atoms with van der Waals surface area (Å²) in [4.78, 5) is 15.5. The van der Waals surface area contributed by atoms with Crippen molar-refractivity contribution >= 4 is 21.8 Å². The normalized spacial score (nSPS) is 28.1. The number of benzene rings is 1. The topological polar surface area (TPSA) is 88.5 Å². The highest BCUT2D eigenvalue weighted by atomic mass is 32.2. The molecule has 4 rings (SSSR count). The number of allylic oxidation sites excluding steroid dienone is 1. The molecule has 1 saturated heterocycles. The fourth-order valence-corrected chi connectivity index (χ4v) is 6.64. The second kappa shape index (κ2) is 7.50. The van der Waals surface area contributed by atoms with Gasteiger partial charge in [0.05, 0.1) is 19.9 Å². The second-order valence-corrected chi connectivity index (χ2v) is 11.8. The summed E-state index contributed by atoms with van der Waals surface area (Å²) in [6, 6.07) is 5.15. The van der Waals surface area contributed by atoms with Crippen molar-refractivity contribution in [3.05, 3.63) is 35.5 Å². The van der Waals surface area contributed by atoms with Crippen LogP contribution in [-0.4, -0.2) is 63.1 Å². The van der Waals surface area contributed by atoms with E-state index in [1.54, 1.807) is 24.3 Å². The third kappa shape index (κ3) is 3.87. The Morgan fingerprint density at radius 3 is 2.47 bits per heavy atom. The first-order chi connectivity index (χ1) is 14.9. The molecule has 8 nitrogen and oxygen atoms in total. The molecule has 32 heavy (non-hydrogen) atoms. The van der Waals surface area contributed by atoms with E-state index in [-0.39, 0.29) is 34.2 Å². The first-order valence-electron chi connectivity index (χ1n) is 10.7. The first kappa shape index (κ1) is 22.6. The molecule has 0 spiro atoms. The Kier molecular flexibility index (Phi) is 5.31. The van der Waals surface area contributed by atoms with Gasteiger partial charge in [-0.15, -0.1) is 4.40 Å². The Morgan fingerprint density at radius 1 is 1.12 bits per heavy atom. The summed E-state index contributed by atoms with van der Waals surface area (Å²) in [5, 5.41) is 0. The van der Waals surface area contributed by atoms with Gasteiger partial charge in [0.1, 0.15) is 5.70 Å². The molecule has 0 aromatic heterocycles. The summed E-state index contributed by atoms with van der Waals surface area (Å²) >= 11 is 0. The molecule has 1 aliphatic carbocycles. The van der Waals surface area contributed by atoms with Crippen LogP contribution in [0.25, 0.3) is 0 Å². The quantitative estimate of drug-likeness (QED) is 0.688. The maximum atomic E-state index is 13.6. The van der Waals surface area contributed by atoms with Gasteiger partial charge in [0.2, 0.25) is 0 Å². The van der Waals surface area contributed by atoms with Gasteiger partial charge >= 0.3 is 10.2 Å². The van der Waals surface area contributed by atoms with Gasteiger partial charge in [-0.2, -0.15) is 8.42 Å². The number of ether oxygens (including phenoxy) is 2. The predicted octanol–water partition coefficient (Wildman–Crippen LogP) is 2.99. The molecule has 1 amide bonds. The molecule has 3 aliphatic rings. The van der Waals surface area contributed by atoms with Crippen molar-refractivity contribution in [2.75, 3.05) is 27.8 Å². The first-order valence-corrected chi connectivity index (χ1v) is 12.1. The van der Waals surface area contributed by atoms with Crippen LogP contribution in [0.5, 0.6) is 11.5 Å². The average molecular weight is 462 g/mol. The molecule has 2 fully saturated rings. The minimum atomic E-state index is -4.04. The van der Waals surface area contributed by atoms with Crippen molar-refractivity contribution in [3.63, 3.8) is 0 Å². The number of hydrogen-bond donors (Lipinski definition) is 0. The number of nitrogens with zero attached hydrogens (tertiary/aromatic N) is 3. The zero-order chi connectivity index (χ0) is 23.5. The SMILES string of the molecule is COc1ccc(C2=NS(=O)(=O)N(C)C(C(=O)N3C[C@@]4(C)C[C@@H]3CC(C)(C)C4)=C2)cc1OC. The molecule has 1 aromatic rings. The molecule has 2 bridgehead atoms. The number of carbonyl (C=O) groups is 1. The van der Waals surface area contributed by atoms with Crippen molar-refractivity contribution in [1.82, 2.24) is 9.21 Å². The zero-order valence-electron chi connectivity index (χ0n) is 19.5.